The summed E-state index contributed by atoms with van der Waals surface area (Å²) < 4.78 is 13.3. The average molecular weight is 333 g/mol. The molecule has 2 aromatic carbocycles. The van der Waals surface area contributed by atoms with Crippen molar-refractivity contribution in [3.05, 3.63) is 64.4 Å². The second-order valence-electron chi connectivity index (χ2n) is 5.27. The van der Waals surface area contributed by atoms with E-state index in [9.17, 15) is 14.3 Å². The third-order valence-corrected chi connectivity index (χ3v) is 4.01. The van der Waals surface area contributed by atoms with E-state index in [4.69, 9.17) is 11.6 Å². The van der Waals surface area contributed by atoms with Crippen LogP contribution in [0.3, 0.4) is 0 Å². The Balaban J connectivity index is 1.74. The molecule has 23 heavy (non-hydrogen) atoms. The number of aromatic hydroxyl groups is 1. The molecule has 0 aliphatic carbocycles. The minimum absolute atomic E-state index is 0.00293. The van der Waals surface area contributed by atoms with Crippen LogP contribution in [-0.2, 0) is 11.2 Å². The molecule has 0 saturated carbocycles. The van der Waals surface area contributed by atoms with Crippen LogP contribution in [0.5, 0.6) is 5.75 Å². The lowest BCUT2D eigenvalue weighted by Gasteiger charge is -2.12. The summed E-state index contributed by atoms with van der Waals surface area (Å²) in [4.78, 5) is 12.3. The summed E-state index contributed by atoms with van der Waals surface area (Å²) in [5.74, 6) is -0.473. The van der Waals surface area contributed by atoms with Crippen molar-refractivity contribution < 1.29 is 14.3 Å². The number of rotatable bonds is 3. The number of hydrogen-bond acceptors (Lipinski definition) is 3. The van der Waals surface area contributed by atoms with Crippen molar-refractivity contribution in [1.82, 2.24) is 5.01 Å². The number of benzene rings is 2. The molecule has 1 N–H and O–H groups in total. The number of hydrogen-bond donors (Lipinski definition) is 1. The number of phenols is 1. The zero-order valence-electron chi connectivity index (χ0n) is 12.2. The quantitative estimate of drug-likeness (QED) is 0.937. The second-order valence-corrected chi connectivity index (χ2v) is 5.68. The van der Waals surface area contributed by atoms with Crippen LogP contribution in [-0.4, -0.2) is 28.3 Å². The molecule has 1 heterocycles. The highest BCUT2D eigenvalue weighted by atomic mass is 35.5. The molecule has 2 aromatic rings. The maximum Gasteiger partial charge on any atom is 0.247 e. The first-order valence-electron chi connectivity index (χ1n) is 7.14. The van der Waals surface area contributed by atoms with Gasteiger partial charge in [-0.3, -0.25) is 4.79 Å². The third-order valence-electron chi connectivity index (χ3n) is 3.64. The standard InChI is InChI=1S/C17H14ClFN2O2/c18-15-6-3-13(19)9-12(15)10-17(23)21-8-7-16(20-21)11-1-4-14(22)5-2-11/h1-6,9,22H,7-8,10H2. The molecular weight excluding hydrogens is 319 g/mol. The Hall–Kier alpha value is -2.40. The van der Waals surface area contributed by atoms with Gasteiger partial charge in [0.05, 0.1) is 18.7 Å². The number of halogens is 2. The minimum Gasteiger partial charge on any atom is -0.508 e. The second kappa shape index (κ2) is 6.38. The SMILES string of the molecule is O=C(Cc1cc(F)ccc1Cl)N1CCC(c2ccc(O)cc2)=N1. The van der Waals surface area contributed by atoms with E-state index < -0.39 is 5.82 Å². The fraction of sp³-hybridized carbons (Fsp3) is 0.176. The summed E-state index contributed by atoms with van der Waals surface area (Å²) in [5.41, 5.74) is 2.09. The molecule has 6 heteroatoms. The molecular formula is C17H14ClFN2O2. The number of nitrogens with zero attached hydrogens (tertiary/aromatic N) is 2. The number of amides is 1. The van der Waals surface area contributed by atoms with Crippen molar-refractivity contribution in [3.63, 3.8) is 0 Å². The van der Waals surface area contributed by atoms with Crippen molar-refractivity contribution >= 4 is 23.2 Å². The van der Waals surface area contributed by atoms with Crippen molar-refractivity contribution in [2.75, 3.05) is 6.54 Å². The van der Waals surface area contributed by atoms with E-state index in [1.807, 2.05) is 0 Å². The number of carbonyl (C=O) groups is 1. The predicted octanol–water partition coefficient (Wildman–Crippen LogP) is 3.36. The Morgan fingerprint density at radius 2 is 2.00 bits per heavy atom. The molecule has 1 aliphatic heterocycles. The summed E-state index contributed by atoms with van der Waals surface area (Å²) in [6.45, 7) is 0.474. The van der Waals surface area contributed by atoms with E-state index in [0.29, 0.717) is 23.6 Å². The van der Waals surface area contributed by atoms with Gasteiger partial charge in [-0.25, -0.2) is 9.40 Å². The van der Waals surface area contributed by atoms with Crippen LogP contribution in [0, 0.1) is 5.82 Å². The molecule has 1 aliphatic rings. The lowest BCUT2D eigenvalue weighted by Crippen LogP contribution is -2.25. The van der Waals surface area contributed by atoms with Gasteiger partial charge in [-0.05, 0) is 53.6 Å². The van der Waals surface area contributed by atoms with Gasteiger partial charge in [0, 0.05) is 11.4 Å². The fourth-order valence-corrected chi connectivity index (χ4v) is 2.61. The largest absolute Gasteiger partial charge is 0.508 e. The zero-order chi connectivity index (χ0) is 16.4. The maximum absolute atomic E-state index is 13.3. The van der Waals surface area contributed by atoms with Crippen molar-refractivity contribution in [2.45, 2.75) is 12.8 Å². The van der Waals surface area contributed by atoms with Gasteiger partial charge in [-0.15, -0.1) is 0 Å². The minimum atomic E-state index is -0.424. The topological polar surface area (TPSA) is 52.9 Å². The number of hydrazone groups is 1. The van der Waals surface area contributed by atoms with E-state index in [1.165, 1.54) is 23.2 Å². The molecule has 0 spiro atoms. The molecule has 0 bridgehead atoms. The van der Waals surface area contributed by atoms with Gasteiger partial charge >= 0.3 is 0 Å². The molecule has 1 amide bonds. The smallest absolute Gasteiger partial charge is 0.247 e. The fourth-order valence-electron chi connectivity index (χ4n) is 2.43. The van der Waals surface area contributed by atoms with Gasteiger partial charge in [-0.2, -0.15) is 5.10 Å². The first kappa shape index (κ1) is 15.5. The van der Waals surface area contributed by atoms with E-state index >= 15 is 0 Å². The van der Waals surface area contributed by atoms with E-state index in [-0.39, 0.29) is 18.1 Å². The van der Waals surface area contributed by atoms with Gasteiger partial charge in [0.1, 0.15) is 11.6 Å². The number of phenolic OH excluding ortho intramolecular Hbond substituents is 1. The molecule has 0 aromatic heterocycles. The van der Waals surface area contributed by atoms with Gasteiger partial charge in [0.15, 0.2) is 0 Å². The normalized spacial score (nSPS) is 14.0. The molecule has 3 rings (SSSR count). The molecule has 4 nitrogen and oxygen atoms in total. The first-order valence-corrected chi connectivity index (χ1v) is 7.52. The van der Waals surface area contributed by atoms with Crippen LogP contribution in [0.25, 0.3) is 0 Å². The van der Waals surface area contributed by atoms with Crippen LogP contribution in [0.4, 0.5) is 4.39 Å². The summed E-state index contributed by atoms with van der Waals surface area (Å²) >= 11 is 5.99. The van der Waals surface area contributed by atoms with Crippen molar-refractivity contribution in [3.8, 4) is 5.75 Å². The van der Waals surface area contributed by atoms with Crippen molar-refractivity contribution in [2.24, 2.45) is 5.10 Å². The van der Waals surface area contributed by atoms with Crippen LogP contribution >= 0.6 is 11.6 Å². The average Bonchev–Trinajstić information content (AvgIpc) is 3.02. The van der Waals surface area contributed by atoms with Crippen LogP contribution in [0.1, 0.15) is 17.5 Å². The lowest BCUT2D eigenvalue weighted by molar-refractivity contribution is -0.130. The maximum atomic E-state index is 13.3. The summed E-state index contributed by atoms with van der Waals surface area (Å²) in [5, 5.41) is 15.4. The van der Waals surface area contributed by atoms with Crippen LogP contribution in [0.15, 0.2) is 47.6 Å². The number of carbonyl (C=O) groups excluding carboxylic acids is 1. The summed E-state index contributed by atoms with van der Waals surface area (Å²) in [7, 11) is 0. The molecule has 0 radical (unpaired) electrons. The highest BCUT2D eigenvalue weighted by Gasteiger charge is 2.22. The highest BCUT2D eigenvalue weighted by molar-refractivity contribution is 6.31. The molecule has 118 valence electrons. The van der Waals surface area contributed by atoms with Gasteiger partial charge in [0.2, 0.25) is 5.91 Å². The van der Waals surface area contributed by atoms with Crippen molar-refractivity contribution in [1.29, 1.82) is 0 Å². The Morgan fingerprint density at radius 1 is 1.26 bits per heavy atom. The Bertz CT molecular complexity index is 775. The summed E-state index contributed by atoms with van der Waals surface area (Å²) in [6.07, 6.45) is 0.635. The van der Waals surface area contributed by atoms with Crippen LogP contribution in [0.2, 0.25) is 5.02 Å². The molecule has 0 fully saturated rings. The monoisotopic (exact) mass is 332 g/mol. The molecule has 0 saturated heterocycles. The zero-order valence-corrected chi connectivity index (χ0v) is 12.9. The summed E-state index contributed by atoms with van der Waals surface area (Å²) in [6, 6.07) is 10.6. The lowest BCUT2D eigenvalue weighted by atomic mass is 10.1. The van der Waals surface area contributed by atoms with Gasteiger partial charge in [-0.1, -0.05) is 11.6 Å². The van der Waals surface area contributed by atoms with Gasteiger partial charge < -0.3 is 5.11 Å². The Morgan fingerprint density at radius 3 is 2.74 bits per heavy atom. The van der Waals surface area contributed by atoms with E-state index in [2.05, 4.69) is 5.10 Å². The third kappa shape index (κ3) is 3.51. The predicted molar refractivity (Wildman–Crippen MR) is 86.1 cm³/mol. The van der Waals surface area contributed by atoms with E-state index in [0.717, 1.165) is 11.3 Å². The van der Waals surface area contributed by atoms with Gasteiger partial charge in [0.25, 0.3) is 0 Å². The first-order chi connectivity index (χ1) is 11.0. The van der Waals surface area contributed by atoms with Crippen LogP contribution < -0.4 is 0 Å². The van der Waals surface area contributed by atoms with E-state index in [1.54, 1.807) is 24.3 Å². The highest BCUT2D eigenvalue weighted by Crippen LogP contribution is 2.21. The Kier molecular flexibility index (Phi) is 4.30. The molecule has 0 atom stereocenters. The Labute approximate surface area is 137 Å². The molecule has 0 unspecified atom stereocenters.